The van der Waals surface area contributed by atoms with Crippen LogP contribution in [0.5, 0.6) is 5.88 Å². The number of aromatic nitrogens is 2. The van der Waals surface area contributed by atoms with Crippen molar-refractivity contribution in [1.29, 1.82) is 5.26 Å². The molecule has 3 aromatic carbocycles. The number of aromatic hydroxyl groups is 1. The average molecular weight is 571 g/mol. The van der Waals surface area contributed by atoms with E-state index in [1.54, 1.807) is 48.5 Å². The van der Waals surface area contributed by atoms with Crippen LogP contribution in [0.2, 0.25) is 0 Å². The van der Waals surface area contributed by atoms with Gasteiger partial charge in [-0.1, -0.05) is 62.7 Å². The number of amides is 1. The fourth-order valence-electron chi connectivity index (χ4n) is 4.88. The molecular weight excluding hydrogens is 540 g/mol. The van der Waals surface area contributed by atoms with Gasteiger partial charge in [0.15, 0.2) is 4.90 Å². The van der Waals surface area contributed by atoms with Crippen LogP contribution in [0, 0.1) is 11.3 Å². The first kappa shape index (κ1) is 29.2. The third-order valence-electron chi connectivity index (χ3n) is 6.92. The molecule has 10 heteroatoms. The molecule has 9 nitrogen and oxygen atoms in total. The predicted octanol–water partition coefficient (Wildman–Crippen LogP) is 4.76. The molecule has 0 aliphatic carbocycles. The monoisotopic (exact) mass is 570 g/mol. The maximum atomic E-state index is 14.0. The van der Waals surface area contributed by atoms with Crippen LogP contribution in [0.4, 0.5) is 0 Å². The minimum atomic E-state index is -4.51. The number of unbranched alkanes of at least 4 members (excludes halogenated alkanes) is 1. The zero-order chi connectivity index (χ0) is 29.7. The SMILES string of the molecule is CCCCc1nc(O)c(S(=O)(=O)c2ccc(-c3ccccc3C(N)=O)cc2)c(=O)n1C(CC)c1cccc(C#N)c1. The van der Waals surface area contributed by atoms with Crippen LogP contribution in [0.15, 0.2) is 87.4 Å². The van der Waals surface area contributed by atoms with E-state index in [4.69, 9.17) is 5.73 Å². The van der Waals surface area contributed by atoms with Gasteiger partial charge in [-0.05, 0) is 59.9 Å². The molecule has 1 amide bonds. The van der Waals surface area contributed by atoms with E-state index < -0.39 is 38.1 Å². The number of benzene rings is 3. The number of primary amides is 1. The van der Waals surface area contributed by atoms with E-state index in [1.807, 2.05) is 13.8 Å². The Morgan fingerprint density at radius 3 is 2.41 bits per heavy atom. The van der Waals surface area contributed by atoms with Crippen LogP contribution in [-0.2, 0) is 16.3 Å². The molecule has 4 aromatic rings. The van der Waals surface area contributed by atoms with E-state index in [1.165, 1.54) is 28.8 Å². The zero-order valence-electron chi connectivity index (χ0n) is 22.7. The number of nitrogens with two attached hydrogens (primary N) is 1. The number of hydrogen-bond acceptors (Lipinski definition) is 7. The molecular formula is C31H30N4O5S. The molecule has 3 N–H and O–H groups in total. The molecule has 210 valence electrons. The molecule has 0 fully saturated rings. The van der Waals surface area contributed by atoms with Gasteiger partial charge in [-0.3, -0.25) is 14.2 Å². The standard InChI is InChI=1S/C31H30N4O5S/c1-3-5-13-27-34-30(37)28(31(38)35(27)26(4-2)22-10-8-9-20(18-22)19-32)41(39,40)23-16-14-21(15-17-23)24-11-6-7-12-25(24)29(33)36/h6-12,14-18,26,37H,3-5,13H2,1-2H3,(H2,33,36). The quantitative estimate of drug-likeness (QED) is 0.278. The highest BCUT2D eigenvalue weighted by Crippen LogP contribution is 2.31. The van der Waals surface area contributed by atoms with Crippen molar-refractivity contribution >= 4 is 15.7 Å². The van der Waals surface area contributed by atoms with E-state index in [0.717, 1.165) is 6.42 Å². The molecule has 0 aliphatic heterocycles. The highest BCUT2D eigenvalue weighted by atomic mass is 32.2. The van der Waals surface area contributed by atoms with Gasteiger partial charge in [-0.2, -0.15) is 10.2 Å². The number of nitriles is 1. The van der Waals surface area contributed by atoms with Crippen molar-refractivity contribution in [3.8, 4) is 23.1 Å². The summed E-state index contributed by atoms with van der Waals surface area (Å²) in [6, 6.07) is 20.6. The summed E-state index contributed by atoms with van der Waals surface area (Å²) in [6.07, 6.45) is 2.22. The van der Waals surface area contributed by atoms with Gasteiger partial charge in [0.05, 0.1) is 22.6 Å². The summed E-state index contributed by atoms with van der Waals surface area (Å²) >= 11 is 0. The summed E-state index contributed by atoms with van der Waals surface area (Å²) in [5, 5.41) is 20.2. The second-order valence-electron chi connectivity index (χ2n) is 9.56. The summed E-state index contributed by atoms with van der Waals surface area (Å²) in [4.78, 5) is 29.0. The van der Waals surface area contributed by atoms with E-state index in [9.17, 15) is 28.4 Å². The number of carbonyl (C=O) groups excluding carboxylic acids is 1. The number of carbonyl (C=O) groups is 1. The molecule has 0 bridgehead atoms. The minimum Gasteiger partial charge on any atom is -0.492 e. The van der Waals surface area contributed by atoms with E-state index >= 15 is 0 Å². The van der Waals surface area contributed by atoms with Gasteiger partial charge in [-0.25, -0.2) is 8.42 Å². The first-order chi connectivity index (χ1) is 19.6. The molecule has 4 rings (SSSR count). The lowest BCUT2D eigenvalue weighted by molar-refractivity contribution is 0.100. The van der Waals surface area contributed by atoms with Crippen molar-refractivity contribution in [2.45, 2.75) is 55.4 Å². The second-order valence-corrected chi connectivity index (χ2v) is 11.4. The summed E-state index contributed by atoms with van der Waals surface area (Å²) in [7, 11) is -4.51. The van der Waals surface area contributed by atoms with Gasteiger partial charge in [0.25, 0.3) is 5.56 Å². The van der Waals surface area contributed by atoms with Crippen LogP contribution < -0.4 is 11.3 Å². The first-order valence-electron chi connectivity index (χ1n) is 13.2. The van der Waals surface area contributed by atoms with Crippen LogP contribution in [-0.4, -0.2) is 29.0 Å². The lowest BCUT2D eigenvalue weighted by Gasteiger charge is -2.23. The lowest BCUT2D eigenvalue weighted by Crippen LogP contribution is -2.33. The van der Waals surface area contributed by atoms with Gasteiger partial charge in [0.1, 0.15) is 5.82 Å². The van der Waals surface area contributed by atoms with Crippen molar-refractivity contribution in [3.63, 3.8) is 0 Å². The van der Waals surface area contributed by atoms with Gasteiger partial charge in [-0.15, -0.1) is 0 Å². The Hall–Kier alpha value is -4.75. The van der Waals surface area contributed by atoms with Crippen molar-refractivity contribution in [2.75, 3.05) is 0 Å². The van der Waals surface area contributed by atoms with Gasteiger partial charge < -0.3 is 10.8 Å². The molecule has 0 spiro atoms. The number of nitrogens with zero attached hydrogens (tertiary/aromatic N) is 3. The molecule has 0 saturated heterocycles. The molecule has 0 radical (unpaired) electrons. The fraction of sp³-hybridized carbons (Fsp3) is 0.226. The smallest absolute Gasteiger partial charge is 0.277 e. The predicted molar refractivity (Wildman–Crippen MR) is 154 cm³/mol. The molecule has 1 heterocycles. The molecule has 0 saturated carbocycles. The number of aryl methyl sites for hydroxylation is 1. The zero-order valence-corrected chi connectivity index (χ0v) is 23.6. The Kier molecular flexibility index (Phi) is 8.69. The van der Waals surface area contributed by atoms with Crippen LogP contribution in [0.1, 0.15) is 66.5 Å². The van der Waals surface area contributed by atoms with E-state index in [-0.39, 0.29) is 16.3 Å². The van der Waals surface area contributed by atoms with Gasteiger partial charge >= 0.3 is 0 Å². The Balaban J connectivity index is 1.87. The second kappa shape index (κ2) is 12.2. The lowest BCUT2D eigenvalue weighted by atomic mass is 9.99. The summed E-state index contributed by atoms with van der Waals surface area (Å²) < 4.78 is 28.9. The number of sulfone groups is 1. The number of hydrogen-bond donors (Lipinski definition) is 2. The van der Waals surface area contributed by atoms with E-state index in [0.29, 0.717) is 41.5 Å². The normalized spacial score (nSPS) is 12.0. The van der Waals surface area contributed by atoms with Crippen molar-refractivity contribution in [1.82, 2.24) is 9.55 Å². The average Bonchev–Trinajstić information content (AvgIpc) is 2.97. The maximum absolute atomic E-state index is 14.0. The number of rotatable bonds is 10. The third kappa shape index (κ3) is 5.76. The summed E-state index contributed by atoms with van der Waals surface area (Å²) in [6.45, 7) is 3.82. The van der Waals surface area contributed by atoms with E-state index in [2.05, 4.69) is 11.1 Å². The molecule has 0 aliphatic rings. The Bertz CT molecular complexity index is 1810. The highest BCUT2D eigenvalue weighted by Gasteiger charge is 2.31. The minimum absolute atomic E-state index is 0.223. The van der Waals surface area contributed by atoms with Crippen LogP contribution >= 0.6 is 0 Å². The van der Waals surface area contributed by atoms with Crippen molar-refractivity contribution in [2.24, 2.45) is 5.73 Å². The molecule has 1 atom stereocenters. The van der Waals surface area contributed by atoms with Crippen LogP contribution in [0.3, 0.4) is 0 Å². The highest BCUT2D eigenvalue weighted by molar-refractivity contribution is 7.91. The summed E-state index contributed by atoms with van der Waals surface area (Å²) in [5.41, 5.74) is 7.02. The van der Waals surface area contributed by atoms with Gasteiger partial charge in [0, 0.05) is 12.0 Å². The van der Waals surface area contributed by atoms with Crippen molar-refractivity contribution < 1.29 is 18.3 Å². The Morgan fingerprint density at radius 2 is 1.78 bits per heavy atom. The fourth-order valence-corrected chi connectivity index (χ4v) is 6.23. The molecule has 1 unspecified atom stereocenters. The summed E-state index contributed by atoms with van der Waals surface area (Å²) in [5.74, 6) is -1.22. The van der Waals surface area contributed by atoms with Crippen LogP contribution in [0.25, 0.3) is 11.1 Å². The third-order valence-corrected chi connectivity index (χ3v) is 8.71. The maximum Gasteiger partial charge on any atom is 0.277 e. The topological polar surface area (TPSA) is 156 Å². The molecule has 41 heavy (non-hydrogen) atoms. The van der Waals surface area contributed by atoms with Gasteiger partial charge in [0.2, 0.25) is 21.6 Å². The van der Waals surface area contributed by atoms with Crippen molar-refractivity contribution in [3.05, 3.63) is 106 Å². The largest absolute Gasteiger partial charge is 0.492 e. The Labute approximate surface area is 238 Å². The Morgan fingerprint density at radius 1 is 1.07 bits per heavy atom. The first-order valence-corrected chi connectivity index (χ1v) is 14.7. The molecule has 1 aromatic heterocycles.